The van der Waals surface area contributed by atoms with Crippen LogP contribution in [0.5, 0.6) is 0 Å². The van der Waals surface area contributed by atoms with E-state index in [1.807, 2.05) is 0 Å². The molecule has 1 N–H and O–H groups in total. The van der Waals surface area contributed by atoms with Crippen LogP contribution in [0, 0.1) is 0 Å². The number of benzene rings is 1. The number of nitrogens with one attached hydrogen (secondary N) is 1. The number of carbonyl (C=O) groups is 2. The van der Waals surface area contributed by atoms with Crippen molar-refractivity contribution in [3.8, 4) is 0 Å². The lowest BCUT2D eigenvalue weighted by molar-refractivity contribution is -0.116. The van der Waals surface area contributed by atoms with Crippen molar-refractivity contribution in [2.75, 3.05) is 11.1 Å². The quantitative estimate of drug-likeness (QED) is 0.648. The third kappa shape index (κ3) is 3.56. The van der Waals surface area contributed by atoms with Crippen LogP contribution >= 0.6 is 11.8 Å². The van der Waals surface area contributed by atoms with E-state index in [1.165, 1.54) is 6.92 Å². The van der Waals surface area contributed by atoms with E-state index in [4.69, 9.17) is 0 Å². The number of anilines is 1. The molecule has 2 heterocycles. The van der Waals surface area contributed by atoms with Crippen LogP contribution < -0.4 is 10.9 Å². The fraction of sp³-hybridized carbons (Fsp3) is 0.400. The van der Waals surface area contributed by atoms with Crippen molar-refractivity contribution in [3.05, 3.63) is 51.4 Å². The maximum atomic E-state index is 12.9. The summed E-state index contributed by atoms with van der Waals surface area (Å²) in [7, 11) is 0. The van der Waals surface area contributed by atoms with Gasteiger partial charge < -0.3 is 5.32 Å². The van der Waals surface area contributed by atoms with E-state index in [9.17, 15) is 14.4 Å². The van der Waals surface area contributed by atoms with Crippen molar-refractivity contribution in [3.63, 3.8) is 0 Å². The molecule has 1 aliphatic carbocycles. The highest BCUT2D eigenvalue weighted by atomic mass is 32.2. The minimum atomic E-state index is -0.172. The largest absolute Gasteiger partial charge is 0.326 e. The standard InChI is InChI=1S/C20H21N3O3S/c1-12(24)13-6-8-14(9-7-13)21-18(25)10-15-11-27-20-22-17-5-3-2-4-16(17)19(26)23(15)20/h6-9,15H,2-5,10-11H2,1H3,(H,21,25). The van der Waals surface area contributed by atoms with E-state index in [0.717, 1.165) is 42.1 Å². The second kappa shape index (κ2) is 7.31. The van der Waals surface area contributed by atoms with Crippen LogP contribution in [0.4, 0.5) is 5.69 Å². The van der Waals surface area contributed by atoms with E-state index in [0.29, 0.717) is 17.0 Å². The maximum absolute atomic E-state index is 12.9. The Morgan fingerprint density at radius 2 is 1.96 bits per heavy atom. The maximum Gasteiger partial charge on any atom is 0.257 e. The van der Waals surface area contributed by atoms with Crippen molar-refractivity contribution >= 4 is 29.1 Å². The van der Waals surface area contributed by atoms with Crippen LogP contribution in [-0.2, 0) is 17.6 Å². The Morgan fingerprint density at radius 1 is 1.22 bits per heavy atom. The molecule has 1 aromatic carbocycles. The number of rotatable bonds is 4. The number of hydrogen-bond donors (Lipinski definition) is 1. The number of nitrogens with zero attached hydrogens (tertiary/aromatic N) is 2. The number of aromatic nitrogens is 2. The summed E-state index contributed by atoms with van der Waals surface area (Å²) in [6, 6.07) is 6.65. The fourth-order valence-electron chi connectivity index (χ4n) is 3.68. The molecule has 0 radical (unpaired) electrons. The molecule has 2 aliphatic rings. The Balaban J connectivity index is 1.49. The third-order valence-corrected chi connectivity index (χ3v) is 6.22. The van der Waals surface area contributed by atoms with Crippen LogP contribution in [0.15, 0.2) is 34.2 Å². The molecule has 0 saturated heterocycles. The van der Waals surface area contributed by atoms with Crippen molar-refractivity contribution in [2.45, 2.75) is 50.2 Å². The van der Waals surface area contributed by atoms with E-state index >= 15 is 0 Å². The predicted octanol–water partition coefficient (Wildman–Crippen LogP) is 3.00. The van der Waals surface area contributed by atoms with Gasteiger partial charge >= 0.3 is 0 Å². The first-order chi connectivity index (χ1) is 13.0. The Morgan fingerprint density at radius 3 is 2.70 bits per heavy atom. The van der Waals surface area contributed by atoms with Crippen molar-refractivity contribution in [2.24, 2.45) is 0 Å². The number of fused-ring (bicyclic) bond motifs is 2. The second-order valence-corrected chi connectivity index (χ2v) is 8.04. The van der Waals surface area contributed by atoms with Gasteiger partial charge in [-0.25, -0.2) is 4.98 Å². The monoisotopic (exact) mass is 383 g/mol. The number of hydrogen-bond acceptors (Lipinski definition) is 5. The summed E-state index contributed by atoms with van der Waals surface area (Å²) in [4.78, 5) is 41.4. The van der Waals surface area contributed by atoms with Gasteiger partial charge in [0.15, 0.2) is 10.9 Å². The van der Waals surface area contributed by atoms with Crippen molar-refractivity contribution in [1.29, 1.82) is 0 Å². The van der Waals surface area contributed by atoms with E-state index in [-0.39, 0.29) is 29.7 Å². The topological polar surface area (TPSA) is 81.1 Å². The van der Waals surface area contributed by atoms with Crippen molar-refractivity contribution < 1.29 is 9.59 Å². The van der Waals surface area contributed by atoms with Gasteiger partial charge in [-0.3, -0.25) is 19.0 Å². The highest BCUT2D eigenvalue weighted by molar-refractivity contribution is 7.99. The van der Waals surface area contributed by atoms with Crippen LogP contribution in [-0.4, -0.2) is 27.0 Å². The number of Topliss-reactive ketones (excluding diaryl/α,β-unsaturated/α-hetero) is 1. The molecule has 0 saturated carbocycles. The average Bonchev–Trinajstić information content (AvgIpc) is 3.05. The molecule has 1 aliphatic heterocycles. The molecule has 140 valence electrons. The number of thioether (sulfide) groups is 1. The van der Waals surface area contributed by atoms with Gasteiger partial charge in [-0.1, -0.05) is 11.8 Å². The molecule has 7 heteroatoms. The minimum Gasteiger partial charge on any atom is -0.326 e. The van der Waals surface area contributed by atoms with E-state index in [2.05, 4.69) is 10.3 Å². The molecule has 0 fully saturated rings. The molecule has 1 atom stereocenters. The van der Waals surface area contributed by atoms with E-state index in [1.54, 1.807) is 40.6 Å². The first-order valence-corrected chi connectivity index (χ1v) is 10.2. The number of carbonyl (C=O) groups excluding carboxylic acids is 2. The number of amides is 1. The summed E-state index contributed by atoms with van der Waals surface area (Å²) in [5.74, 6) is 0.526. The number of aryl methyl sites for hydroxylation is 1. The number of ketones is 1. The molecular formula is C20H21N3O3S. The molecule has 0 bridgehead atoms. The molecule has 0 spiro atoms. The Bertz CT molecular complexity index is 966. The molecule has 1 unspecified atom stereocenters. The fourth-order valence-corrected chi connectivity index (χ4v) is 4.83. The summed E-state index contributed by atoms with van der Waals surface area (Å²) in [5.41, 5.74) is 3.06. The SMILES string of the molecule is CC(=O)c1ccc(NC(=O)CC2CSc3nc4c(c(=O)n32)CCCC4)cc1. The smallest absolute Gasteiger partial charge is 0.257 e. The molecule has 1 aromatic heterocycles. The summed E-state index contributed by atoms with van der Waals surface area (Å²) in [6.07, 6.45) is 4.00. The van der Waals surface area contributed by atoms with Crippen LogP contribution in [0.2, 0.25) is 0 Å². The van der Waals surface area contributed by atoms with Gasteiger partial charge in [0.25, 0.3) is 5.56 Å². The Labute approximate surface area is 161 Å². The highest BCUT2D eigenvalue weighted by Gasteiger charge is 2.30. The van der Waals surface area contributed by atoms with Crippen molar-refractivity contribution in [1.82, 2.24) is 9.55 Å². The lowest BCUT2D eigenvalue weighted by Crippen LogP contribution is -2.32. The second-order valence-electron chi connectivity index (χ2n) is 7.05. The van der Waals surface area contributed by atoms with Gasteiger partial charge in [0.05, 0.1) is 11.7 Å². The third-order valence-electron chi connectivity index (χ3n) is 5.12. The summed E-state index contributed by atoms with van der Waals surface area (Å²) < 4.78 is 1.72. The highest BCUT2D eigenvalue weighted by Crippen LogP contribution is 2.33. The molecule has 27 heavy (non-hydrogen) atoms. The van der Waals surface area contributed by atoms with Gasteiger partial charge in [-0.2, -0.15) is 0 Å². The van der Waals surface area contributed by atoms with Gasteiger partial charge in [0, 0.05) is 29.0 Å². The predicted molar refractivity (Wildman–Crippen MR) is 105 cm³/mol. The lowest BCUT2D eigenvalue weighted by atomic mass is 9.97. The van der Waals surface area contributed by atoms with Crippen LogP contribution in [0.3, 0.4) is 0 Å². The lowest BCUT2D eigenvalue weighted by Gasteiger charge is -2.18. The van der Waals surface area contributed by atoms with Crippen LogP contribution in [0.25, 0.3) is 0 Å². The Hall–Kier alpha value is -2.41. The molecule has 2 aromatic rings. The Kier molecular flexibility index (Phi) is 4.86. The van der Waals surface area contributed by atoms with Gasteiger partial charge in [0.1, 0.15) is 0 Å². The van der Waals surface area contributed by atoms with Gasteiger partial charge in [-0.05, 0) is 56.9 Å². The van der Waals surface area contributed by atoms with Crippen LogP contribution in [0.1, 0.15) is 53.8 Å². The van der Waals surface area contributed by atoms with Gasteiger partial charge in [0.2, 0.25) is 5.91 Å². The summed E-state index contributed by atoms with van der Waals surface area (Å²) in [5, 5.41) is 3.59. The first-order valence-electron chi connectivity index (χ1n) is 9.21. The summed E-state index contributed by atoms with van der Waals surface area (Å²) in [6.45, 7) is 1.51. The molecule has 6 nitrogen and oxygen atoms in total. The normalized spacial score (nSPS) is 17.9. The zero-order valence-corrected chi connectivity index (χ0v) is 16.0. The first kappa shape index (κ1) is 18.0. The molecule has 4 rings (SSSR count). The van der Waals surface area contributed by atoms with Gasteiger partial charge in [-0.15, -0.1) is 0 Å². The van der Waals surface area contributed by atoms with E-state index < -0.39 is 0 Å². The zero-order valence-electron chi connectivity index (χ0n) is 15.2. The molecule has 1 amide bonds. The minimum absolute atomic E-state index is 0.0114. The average molecular weight is 383 g/mol. The zero-order chi connectivity index (χ0) is 19.0. The molecular weight excluding hydrogens is 362 g/mol. The summed E-state index contributed by atoms with van der Waals surface area (Å²) >= 11 is 1.55.